The van der Waals surface area contributed by atoms with E-state index in [1.807, 2.05) is 31.2 Å². The van der Waals surface area contributed by atoms with E-state index in [2.05, 4.69) is 9.98 Å². The Balaban J connectivity index is 2.22. The number of aliphatic imine (C=N–C) groups is 1. The maximum atomic E-state index is 9.95. The predicted molar refractivity (Wildman–Crippen MR) is 58.5 cm³/mol. The standard InChI is InChI=1S/C12H10N2O2/c1-9-7-16-12(14-9)11-4-2-10(3-5-11)6-13-8-15/h2-5,7H,6H2,1H3. The summed E-state index contributed by atoms with van der Waals surface area (Å²) in [6.07, 6.45) is 3.12. The third-order valence-corrected chi connectivity index (χ3v) is 2.15. The topological polar surface area (TPSA) is 55.5 Å². The van der Waals surface area contributed by atoms with Crippen LogP contribution in [0.5, 0.6) is 0 Å². The van der Waals surface area contributed by atoms with Crippen molar-refractivity contribution in [1.29, 1.82) is 0 Å². The molecule has 80 valence electrons. The second-order valence-corrected chi connectivity index (χ2v) is 3.40. The fourth-order valence-corrected chi connectivity index (χ4v) is 1.36. The second kappa shape index (κ2) is 4.55. The van der Waals surface area contributed by atoms with Gasteiger partial charge in [-0.25, -0.2) is 14.8 Å². The minimum atomic E-state index is 0.356. The van der Waals surface area contributed by atoms with Gasteiger partial charge in [0.25, 0.3) is 0 Å². The number of rotatable bonds is 3. The zero-order valence-electron chi connectivity index (χ0n) is 8.80. The first-order chi connectivity index (χ1) is 7.79. The molecule has 2 aromatic rings. The van der Waals surface area contributed by atoms with E-state index >= 15 is 0 Å². The van der Waals surface area contributed by atoms with Crippen molar-refractivity contribution in [2.24, 2.45) is 4.99 Å². The van der Waals surface area contributed by atoms with E-state index in [1.165, 1.54) is 6.08 Å². The highest BCUT2D eigenvalue weighted by molar-refractivity contribution is 5.53. The van der Waals surface area contributed by atoms with Crippen LogP contribution in [-0.4, -0.2) is 11.1 Å². The lowest BCUT2D eigenvalue weighted by atomic mass is 10.1. The number of aromatic nitrogens is 1. The molecule has 16 heavy (non-hydrogen) atoms. The van der Waals surface area contributed by atoms with Gasteiger partial charge in [-0.05, 0) is 24.6 Å². The van der Waals surface area contributed by atoms with Crippen molar-refractivity contribution in [3.63, 3.8) is 0 Å². The third-order valence-electron chi connectivity index (χ3n) is 2.15. The monoisotopic (exact) mass is 214 g/mol. The van der Waals surface area contributed by atoms with Crippen molar-refractivity contribution in [2.45, 2.75) is 13.5 Å². The summed E-state index contributed by atoms with van der Waals surface area (Å²) in [5, 5.41) is 0. The minimum absolute atomic E-state index is 0.356. The van der Waals surface area contributed by atoms with E-state index in [0.29, 0.717) is 12.4 Å². The van der Waals surface area contributed by atoms with Crippen LogP contribution in [0.2, 0.25) is 0 Å². The molecule has 0 fully saturated rings. The van der Waals surface area contributed by atoms with Crippen molar-refractivity contribution in [3.8, 4) is 11.5 Å². The van der Waals surface area contributed by atoms with Gasteiger partial charge in [-0.15, -0.1) is 0 Å². The van der Waals surface area contributed by atoms with E-state index < -0.39 is 0 Å². The summed E-state index contributed by atoms with van der Waals surface area (Å²) >= 11 is 0. The maximum absolute atomic E-state index is 9.95. The first kappa shape index (κ1) is 10.3. The van der Waals surface area contributed by atoms with Gasteiger partial charge in [0.1, 0.15) is 6.26 Å². The van der Waals surface area contributed by atoms with Gasteiger partial charge in [0.15, 0.2) is 0 Å². The molecule has 1 heterocycles. The molecule has 0 saturated carbocycles. The number of benzene rings is 1. The number of carbonyl (C=O) groups excluding carboxylic acids is 1. The molecular formula is C12H10N2O2. The molecule has 1 aromatic carbocycles. The average Bonchev–Trinajstić information content (AvgIpc) is 2.74. The fraction of sp³-hybridized carbons (Fsp3) is 0.167. The summed E-state index contributed by atoms with van der Waals surface area (Å²) in [6.45, 7) is 2.23. The van der Waals surface area contributed by atoms with E-state index in [1.54, 1.807) is 6.26 Å². The Bertz CT molecular complexity index is 522. The average molecular weight is 214 g/mol. The summed E-state index contributed by atoms with van der Waals surface area (Å²) in [7, 11) is 0. The molecule has 0 spiro atoms. The van der Waals surface area contributed by atoms with Gasteiger partial charge in [-0.3, -0.25) is 0 Å². The molecule has 0 aliphatic heterocycles. The zero-order chi connectivity index (χ0) is 11.4. The Morgan fingerprint density at radius 2 is 2.12 bits per heavy atom. The predicted octanol–water partition coefficient (Wildman–Crippen LogP) is 2.49. The molecule has 0 aliphatic rings. The third kappa shape index (κ3) is 2.24. The van der Waals surface area contributed by atoms with Crippen molar-refractivity contribution >= 4 is 6.08 Å². The molecule has 4 heteroatoms. The highest BCUT2D eigenvalue weighted by Crippen LogP contribution is 2.19. The van der Waals surface area contributed by atoms with Crippen LogP contribution in [0.15, 0.2) is 39.9 Å². The van der Waals surface area contributed by atoms with Gasteiger partial charge < -0.3 is 4.42 Å². The quantitative estimate of drug-likeness (QED) is 0.582. The lowest BCUT2D eigenvalue weighted by Gasteiger charge is -1.97. The van der Waals surface area contributed by atoms with Gasteiger partial charge in [-0.1, -0.05) is 12.1 Å². The number of hydrogen-bond acceptors (Lipinski definition) is 4. The van der Waals surface area contributed by atoms with Crippen LogP contribution in [0.25, 0.3) is 11.5 Å². The van der Waals surface area contributed by atoms with Crippen molar-refractivity contribution in [2.75, 3.05) is 0 Å². The molecular weight excluding hydrogens is 204 g/mol. The maximum Gasteiger partial charge on any atom is 0.235 e. The summed E-state index contributed by atoms with van der Waals surface area (Å²) in [4.78, 5) is 17.7. The zero-order valence-corrected chi connectivity index (χ0v) is 8.80. The van der Waals surface area contributed by atoms with Crippen LogP contribution < -0.4 is 0 Å². The van der Waals surface area contributed by atoms with E-state index in [0.717, 1.165) is 16.8 Å². The van der Waals surface area contributed by atoms with Crippen LogP contribution in [0.4, 0.5) is 0 Å². The second-order valence-electron chi connectivity index (χ2n) is 3.40. The van der Waals surface area contributed by atoms with E-state index in [9.17, 15) is 4.79 Å². The molecule has 0 N–H and O–H groups in total. The number of hydrogen-bond donors (Lipinski definition) is 0. The van der Waals surface area contributed by atoms with Crippen molar-refractivity contribution < 1.29 is 9.21 Å². The summed E-state index contributed by atoms with van der Waals surface area (Å²) in [5.41, 5.74) is 2.71. The molecule has 0 aliphatic carbocycles. The molecule has 0 bridgehead atoms. The van der Waals surface area contributed by atoms with E-state index in [-0.39, 0.29) is 0 Å². The molecule has 0 amide bonds. The largest absolute Gasteiger partial charge is 0.444 e. The van der Waals surface area contributed by atoms with Crippen LogP contribution >= 0.6 is 0 Å². The Morgan fingerprint density at radius 1 is 1.38 bits per heavy atom. The van der Waals surface area contributed by atoms with Gasteiger partial charge in [0, 0.05) is 5.56 Å². The normalized spacial score (nSPS) is 9.81. The molecule has 2 rings (SSSR count). The highest BCUT2D eigenvalue weighted by atomic mass is 16.3. The minimum Gasteiger partial charge on any atom is -0.444 e. The molecule has 0 saturated heterocycles. The SMILES string of the molecule is Cc1coc(-c2ccc(CN=C=O)cc2)n1. The molecule has 4 nitrogen and oxygen atoms in total. The first-order valence-electron chi connectivity index (χ1n) is 4.84. The van der Waals surface area contributed by atoms with Crippen LogP contribution in [0, 0.1) is 6.92 Å². The lowest BCUT2D eigenvalue weighted by Crippen LogP contribution is -1.82. The smallest absolute Gasteiger partial charge is 0.235 e. The summed E-state index contributed by atoms with van der Waals surface area (Å²) in [6, 6.07) is 7.55. The Labute approximate surface area is 92.7 Å². The first-order valence-corrected chi connectivity index (χ1v) is 4.84. The lowest BCUT2D eigenvalue weighted by molar-refractivity contribution is 0.562. The number of oxazole rings is 1. The Kier molecular flexibility index (Phi) is 2.94. The van der Waals surface area contributed by atoms with Gasteiger partial charge in [-0.2, -0.15) is 0 Å². The van der Waals surface area contributed by atoms with Crippen LogP contribution in [-0.2, 0) is 11.3 Å². The van der Waals surface area contributed by atoms with Gasteiger partial charge >= 0.3 is 0 Å². The summed E-state index contributed by atoms with van der Waals surface area (Å²) in [5.74, 6) is 0.600. The molecule has 0 radical (unpaired) electrons. The highest BCUT2D eigenvalue weighted by Gasteiger charge is 2.03. The molecule has 0 atom stereocenters. The van der Waals surface area contributed by atoms with E-state index in [4.69, 9.17) is 4.42 Å². The van der Waals surface area contributed by atoms with Gasteiger partial charge in [0.05, 0.1) is 12.2 Å². The molecule has 0 unspecified atom stereocenters. The van der Waals surface area contributed by atoms with Crippen LogP contribution in [0.3, 0.4) is 0 Å². The Hall–Kier alpha value is -2.19. The summed E-state index contributed by atoms with van der Waals surface area (Å²) < 4.78 is 5.27. The number of aryl methyl sites for hydroxylation is 1. The van der Waals surface area contributed by atoms with Crippen molar-refractivity contribution in [3.05, 3.63) is 41.8 Å². The Morgan fingerprint density at radius 3 is 2.69 bits per heavy atom. The van der Waals surface area contributed by atoms with Crippen molar-refractivity contribution in [1.82, 2.24) is 4.98 Å². The van der Waals surface area contributed by atoms with Crippen LogP contribution in [0.1, 0.15) is 11.3 Å². The van der Waals surface area contributed by atoms with Gasteiger partial charge in [0.2, 0.25) is 12.0 Å². The fourth-order valence-electron chi connectivity index (χ4n) is 1.36. The number of isocyanates is 1. The molecule has 1 aromatic heterocycles. The number of nitrogens with zero attached hydrogens (tertiary/aromatic N) is 2.